The molecule has 0 aromatic heterocycles. The van der Waals surface area contributed by atoms with Gasteiger partial charge >= 0.3 is 0 Å². The Kier molecular flexibility index (Phi) is 8.00. The molecule has 1 spiro atoms. The van der Waals surface area contributed by atoms with E-state index < -0.39 is 0 Å². The van der Waals surface area contributed by atoms with Crippen LogP contribution in [0.25, 0.3) is 0 Å². The Morgan fingerprint density at radius 1 is 1.21 bits per heavy atom. The van der Waals surface area contributed by atoms with Crippen molar-refractivity contribution in [3.8, 4) is 0 Å². The van der Waals surface area contributed by atoms with E-state index in [1.807, 2.05) is 12.1 Å². The highest BCUT2D eigenvalue weighted by molar-refractivity contribution is 5.95. The number of likely N-dealkylation sites (N-methyl/N-ethyl adjacent to an activating group) is 1. The second-order valence-corrected chi connectivity index (χ2v) is 7.11. The lowest BCUT2D eigenvalue weighted by Crippen LogP contribution is -2.31. The molecule has 2 fully saturated rings. The summed E-state index contributed by atoms with van der Waals surface area (Å²) in [6.45, 7) is 3.17. The summed E-state index contributed by atoms with van der Waals surface area (Å²) in [6, 6.07) is 8.29. The third-order valence-corrected chi connectivity index (χ3v) is 5.17. The molecule has 1 heterocycles. The van der Waals surface area contributed by atoms with Crippen LogP contribution in [0.15, 0.2) is 24.3 Å². The number of benzene rings is 1. The first-order valence-corrected chi connectivity index (χ1v) is 8.34. The van der Waals surface area contributed by atoms with Gasteiger partial charge in [-0.2, -0.15) is 0 Å². The second kappa shape index (κ2) is 9.04. The molecule has 24 heavy (non-hydrogen) atoms. The lowest BCUT2D eigenvalue weighted by molar-refractivity contribution is -0.118. The molecule has 1 aliphatic carbocycles. The molecule has 1 unspecified atom stereocenters. The quantitative estimate of drug-likeness (QED) is 0.833. The van der Waals surface area contributed by atoms with E-state index in [0.29, 0.717) is 5.41 Å². The van der Waals surface area contributed by atoms with Crippen LogP contribution in [0.4, 0.5) is 5.69 Å². The SMILES string of the molecule is CN(C)CCc1ccc(NC(=O)C2CC23CCNCC3)cc1.Cl.Cl. The van der Waals surface area contributed by atoms with Crippen molar-refractivity contribution >= 4 is 36.4 Å². The number of nitrogens with one attached hydrogen (secondary N) is 2. The molecule has 3 rings (SSSR count). The minimum atomic E-state index is 0. The fourth-order valence-corrected chi connectivity index (χ4v) is 3.53. The highest BCUT2D eigenvalue weighted by atomic mass is 35.5. The number of halogens is 2. The Labute approximate surface area is 157 Å². The van der Waals surface area contributed by atoms with Crippen LogP contribution in [0, 0.1) is 11.3 Å². The molecule has 4 nitrogen and oxygen atoms in total. The number of hydrogen-bond donors (Lipinski definition) is 2. The maximum Gasteiger partial charge on any atom is 0.228 e. The molecule has 1 aromatic rings. The molecule has 0 radical (unpaired) electrons. The minimum absolute atomic E-state index is 0. The van der Waals surface area contributed by atoms with Crippen molar-refractivity contribution in [3.05, 3.63) is 29.8 Å². The largest absolute Gasteiger partial charge is 0.326 e. The van der Waals surface area contributed by atoms with Crippen LogP contribution in [0.5, 0.6) is 0 Å². The van der Waals surface area contributed by atoms with Crippen LogP contribution >= 0.6 is 24.8 Å². The van der Waals surface area contributed by atoms with E-state index in [1.165, 1.54) is 5.56 Å². The summed E-state index contributed by atoms with van der Waals surface area (Å²) < 4.78 is 0. The van der Waals surface area contributed by atoms with Crippen molar-refractivity contribution in [2.75, 3.05) is 39.0 Å². The van der Waals surface area contributed by atoms with Gasteiger partial charge in [0.05, 0.1) is 0 Å². The number of carbonyl (C=O) groups is 1. The number of piperidine rings is 1. The Morgan fingerprint density at radius 2 is 1.83 bits per heavy atom. The highest BCUT2D eigenvalue weighted by Gasteiger charge is 2.57. The summed E-state index contributed by atoms with van der Waals surface area (Å²) in [5.74, 6) is 0.436. The van der Waals surface area contributed by atoms with Gasteiger partial charge in [0.1, 0.15) is 0 Å². The molecule has 2 aliphatic rings. The number of carbonyl (C=O) groups excluding carboxylic acids is 1. The zero-order valence-electron chi connectivity index (χ0n) is 14.5. The number of amides is 1. The number of anilines is 1. The maximum atomic E-state index is 12.4. The van der Waals surface area contributed by atoms with Crippen molar-refractivity contribution in [2.45, 2.75) is 25.7 Å². The van der Waals surface area contributed by atoms with E-state index in [0.717, 1.165) is 51.0 Å². The molecule has 1 aliphatic heterocycles. The molecule has 0 bridgehead atoms. The van der Waals surface area contributed by atoms with E-state index in [2.05, 4.69) is 41.8 Å². The van der Waals surface area contributed by atoms with Gasteiger partial charge in [0.2, 0.25) is 5.91 Å². The average molecular weight is 374 g/mol. The van der Waals surface area contributed by atoms with Crippen molar-refractivity contribution in [1.82, 2.24) is 10.2 Å². The predicted molar refractivity (Wildman–Crippen MR) is 104 cm³/mol. The number of hydrogen-bond acceptors (Lipinski definition) is 3. The number of rotatable bonds is 5. The first kappa shape index (κ1) is 21.2. The first-order valence-electron chi connectivity index (χ1n) is 8.34. The monoisotopic (exact) mass is 373 g/mol. The minimum Gasteiger partial charge on any atom is -0.326 e. The van der Waals surface area contributed by atoms with Gasteiger partial charge in [-0.3, -0.25) is 4.79 Å². The normalized spacial score (nSPS) is 20.9. The summed E-state index contributed by atoms with van der Waals surface area (Å²) in [5, 5.41) is 6.48. The Bertz CT molecular complexity index is 528. The Balaban J connectivity index is 0.00000144. The fraction of sp³-hybridized carbons (Fsp3) is 0.611. The van der Waals surface area contributed by atoms with E-state index in [-0.39, 0.29) is 36.6 Å². The Morgan fingerprint density at radius 3 is 2.42 bits per heavy atom. The summed E-state index contributed by atoms with van der Waals surface area (Å²) >= 11 is 0. The van der Waals surface area contributed by atoms with Crippen molar-refractivity contribution in [1.29, 1.82) is 0 Å². The van der Waals surface area contributed by atoms with E-state index in [4.69, 9.17) is 0 Å². The summed E-state index contributed by atoms with van der Waals surface area (Å²) in [5.41, 5.74) is 2.54. The summed E-state index contributed by atoms with van der Waals surface area (Å²) in [4.78, 5) is 14.6. The molecule has 1 saturated heterocycles. The van der Waals surface area contributed by atoms with Crippen LogP contribution in [0.2, 0.25) is 0 Å². The molecular weight excluding hydrogens is 345 g/mol. The van der Waals surface area contributed by atoms with Crippen LogP contribution in [-0.2, 0) is 11.2 Å². The number of nitrogens with zero attached hydrogens (tertiary/aromatic N) is 1. The van der Waals surface area contributed by atoms with Crippen molar-refractivity contribution < 1.29 is 4.79 Å². The molecule has 2 N–H and O–H groups in total. The van der Waals surface area contributed by atoms with Gasteiger partial charge in [0.25, 0.3) is 0 Å². The van der Waals surface area contributed by atoms with E-state index in [9.17, 15) is 4.79 Å². The molecule has 6 heteroatoms. The third kappa shape index (κ3) is 5.09. The van der Waals surface area contributed by atoms with E-state index in [1.54, 1.807) is 0 Å². The topological polar surface area (TPSA) is 44.4 Å². The smallest absolute Gasteiger partial charge is 0.228 e. The lowest BCUT2D eigenvalue weighted by atomic mass is 9.92. The summed E-state index contributed by atoms with van der Waals surface area (Å²) in [7, 11) is 4.17. The lowest BCUT2D eigenvalue weighted by Gasteiger charge is -2.23. The van der Waals surface area contributed by atoms with E-state index >= 15 is 0 Å². The maximum absolute atomic E-state index is 12.4. The molecule has 1 atom stereocenters. The third-order valence-electron chi connectivity index (χ3n) is 5.17. The van der Waals surface area contributed by atoms with Gasteiger partial charge in [-0.15, -0.1) is 24.8 Å². The zero-order chi connectivity index (χ0) is 15.6. The van der Waals surface area contributed by atoms with Gasteiger partial charge in [-0.25, -0.2) is 0 Å². The first-order chi connectivity index (χ1) is 10.6. The van der Waals surface area contributed by atoms with Crippen LogP contribution in [-0.4, -0.2) is 44.5 Å². The van der Waals surface area contributed by atoms with Crippen LogP contribution in [0.3, 0.4) is 0 Å². The molecule has 1 saturated carbocycles. The summed E-state index contributed by atoms with van der Waals surface area (Å²) in [6.07, 6.45) is 4.41. The highest BCUT2D eigenvalue weighted by Crippen LogP contribution is 2.58. The van der Waals surface area contributed by atoms with Gasteiger partial charge < -0.3 is 15.5 Å². The van der Waals surface area contributed by atoms with Crippen LogP contribution in [0.1, 0.15) is 24.8 Å². The van der Waals surface area contributed by atoms with Crippen LogP contribution < -0.4 is 10.6 Å². The van der Waals surface area contributed by atoms with Gasteiger partial charge in [0, 0.05) is 18.2 Å². The Hall–Kier alpha value is -0.810. The molecular formula is C18H29Cl2N3O. The fourth-order valence-electron chi connectivity index (χ4n) is 3.53. The molecule has 1 aromatic carbocycles. The standard InChI is InChI=1S/C18H27N3O.2ClH/c1-21(2)12-7-14-3-5-15(6-4-14)20-17(22)16-13-18(16)8-10-19-11-9-18;;/h3-6,16,19H,7-13H2,1-2H3,(H,20,22);2*1H. The van der Waals surface area contributed by atoms with Crippen molar-refractivity contribution in [3.63, 3.8) is 0 Å². The van der Waals surface area contributed by atoms with Crippen molar-refractivity contribution in [2.24, 2.45) is 11.3 Å². The van der Waals surface area contributed by atoms with Gasteiger partial charge in [-0.05, 0) is 76.0 Å². The molecule has 136 valence electrons. The predicted octanol–water partition coefficient (Wildman–Crippen LogP) is 2.96. The van der Waals surface area contributed by atoms with Gasteiger partial charge in [0.15, 0.2) is 0 Å². The second-order valence-electron chi connectivity index (χ2n) is 7.11. The molecule has 1 amide bonds. The van der Waals surface area contributed by atoms with Gasteiger partial charge in [-0.1, -0.05) is 12.1 Å². The zero-order valence-corrected chi connectivity index (χ0v) is 16.1. The average Bonchev–Trinajstić information content (AvgIpc) is 3.20.